The van der Waals surface area contributed by atoms with Crippen LogP contribution in [0.1, 0.15) is 31.2 Å². The van der Waals surface area contributed by atoms with Crippen molar-refractivity contribution in [3.63, 3.8) is 0 Å². The summed E-state index contributed by atoms with van der Waals surface area (Å²) in [4.78, 5) is 12.5. The minimum absolute atomic E-state index is 0.0655. The Bertz CT molecular complexity index is 422. The predicted octanol–water partition coefficient (Wildman–Crippen LogP) is 2.84. The summed E-state index contributed by atoms with van der Waals surface area (Å²) in [5.74, 6) is 0.747. The van der Waals surface area contributed by atoms with Crippen LogP contribution < -0.4 is 10.1 Å². The van der Waals surface area contributed by atoms with Gasteiger partial charge in [-0.05, 0) is 18.9 Å². The second-order valence-electron chi connectivity index (χ2n) is 4.49. The van der Waals surface area contributed by atoms with Gasteiger partial charge in [-0.15, -0.1) is 0 Å². The lowest BCUT2D eigenvalue weighted by atomic mass is 10.0. The molecule has 4 heteroatoms. The normalized spacial score (nSPS) is 18.9. The molecule has 0 saturated heterocycles. The molecule has 2 unspecified atom stereocenters. The number of ether oxygens (including phenoxy) is 1. The Morgan fingerprint density at radius 1 is 1.56 bits per heavy atom. The van der Waals surface area contributed by atoms with Crippen molar-refractivity contribution in [1.82, 2.24) is 5.32 Å². The molecule has 98 valence electrons. The second kappa shape index (κ2) is 6.23. The van der Waals surface area contributed by atoms with Crippen molar-refractivity contribution in [2.45, 2.75) is 30.5 Å². The van der Waals surface area contributed by atoms with Gasteiger partial charge < -0.3 is 10.1 Å². The fourth-order valence-corrected chi connectivity index (χ4v) is 2.29. The predicted molar refractivity (Wildman–Crippen MR) is 75.3 cm³/mol. The summed E-state index contributed by atoms with van der Waals surface area (Å²) in [7, 11) is 0. The quantitative estimate of drug-likeness (QED) is 0.849. The molecule has 1 aliphatic heterocycles. The number of carbonyl (C=O) groups is 1. The van der Waals surface area contributed by atoms with Gasteiger partial charge in [0.25, 0.3) is 0 Å². The molecule has 2 rings (SSSR count). The third-order valence-corrected chi connectivity index (χ3v) is 4.32. The molecule has 1 aromatic rings. The Balaban J connectivity index is 1.88. The van der Waals surface area contributed by atoms with Gasteiger partial charge in [-0.3, -0.25) is 4.79 Å². The molecule has 0 fully saturated rings. The molecular formula is C14H18BrNO2. The van der Waals surface area contributed by atoms with Crippen molar-refractivity contribution in [2.75, 3.05) is 13.2 Å². The smallest absolute Gasteiger partial charge is 0.231 e. The van der Waals surface area contributed by atoms with Crippen molar-refractivity contribution in [3.8, 4) is 5.75 Å². The number of fused-ring (bicyclic) bond motifs is 1. The van der Waals surface area contributed by atoms with E-state index in [4.69, 9.17) is 4.74 Å². The van der Waals surface area contributed by atoms with Crippen molar-refractivity contribution < 1.29 is 9.53 Å². The Morgan fingerprint density at radius 3 is 3.11 bits per heavy atom. The van der Waals surface area contributed by atoms with Gasteiger partial charge in [0, 0.05) is 16.9 Å². The molecule has 0 radical (unpaired) electrons. The molecular weight excluding hydrogens is 294 g/mol. The van der Waals surface area contributed by atoms with E-state index in [1.807, 2.05) is 24.3 Å². The topological polar surface area (TPSA) is 38.3 Å². The summed E-state index contributed by atoms with van der Waals surface area (Å²) in [6.45, 7) is 3.29. The van der Waals surface area contributed by atoms with E-state index in [0.29, 0.717) is 18.0 Å². The van der Waals surface area contributed by atoms with Crippen LogP contribution in [0.25, 0.3) is 0 Å². The van der Waals surface area contributed by atoms with Gasteiger partial charge in [-0.2, -0.15) is 0 Å². The fourth-order valence-electron chi connectivity index (χ4n) is 2.06. The third-order valence-electron chi connectivity index (χ3n) is 3.22. The zero-order valence-corrected chi connectivity index (χ0v) is 12.1. The molecule has 2 atom stereocenters. The highest BCUT2D eigenvalue weighted by atomic mass is 79.9. The molecule has 0 aliphatic carbocycles. The molecule has 1 amide bonds. The van der Waals surface area contributed by atoms with E-state index in [1.165, 1.54) is 0 Å². The van der Waals surface area contributed by atoms with E-state index in [9.17, 15) is 4.79 Å². The maximum atomic E-state index is 12.1. The maximum absolute atomic E-state index is 12.1. The number of carbonyl (C=O) groups excluding carboxylic acids is 1. The monoisotopic (exact) mass is 311 g/mol. The molecule has 1 heterocycles. The number of amides is 1. The lowest BCUT2D eigenvalue weighted by Gasteiger charge is -2.11. The van der Waals surface area contributed by atoms with E-state index in [1.54, 1.807) is 0 Å². The number of nitrogens with one attached hydrogen (secondary N) is 1. The molecule has 3 nitrogen and oxygen atoms in total. The standard InChI is InChI=1S/C14H18BrNO2/c1-2-10(15)7-8-16-14(17)12-9-18-13-6-4-3-5-11(12)13/h3-6,10,12H,2,7-9H2,1H3,(H,16,17). The molecule has 0 spiro atoms. The van der Waals surface area contributed by atoms with E-state index < -0.39 is 0 Å². The van der Waals surface area contributed by atoms with Crippen LogP contribution in [0.3, 0.4) is 0 Å². The fraction of sp³-hybridized carbons (Fsp3) is 0.500. The summed E-state index contributed by atoms with van der Waals surface area (Å²) in [6, 6.07) is 7.75. The highest BCUT2D eigenvalue weighted by Gasteiger charge is 2.29. The minimum Gasteiger partial charge on any atom is -0.492 e. The molecule has 18 heavy (non-hydrogen) atoms. The second-order valence-corrected chi connectivity index (χ2v) is 5.78. The van der Waals surface area contributed by atoms with Gasteiger partial charge in [0.2, 0.25) is 5.91 Å². The number of alkyl halides is 1. The van der Waals surface area contributed by atoms with Gasteiger partial charge in [0.15, 0.2) is 0 Å². The average molecular weight is 312 g/mol. The van der Waals surface area contributed by atoms with Crippen LogP contribution >= 0.6 is 15.9 Å². The van der Waals surface area contributed by atoms with Crippen LogP contribution in [0, 0.1) is 0 Å². The number of benzene rings is 1. The maximum Gasteiger partial charge on any atom is 0.231 e. The summed E-state index contributed by atoms with van der Waals surface area (Å²) >= 11 is 3.56. The first-order valence-corrected chi connectivity index (χ1v) is 7.27. The van der Waals surface area contributed by atoms with Gasteiger partial charge in [0.05, 0.1) is 0 Å². The molecule has 1 aliphatic rings. The Morgan fingerprint density at radius 2 is 2.33 bits per heavy atom. The lowest BCUT2D eigenvalue weighted by Crippen LogP contribution is -2.31. The number of rotatable bonds is 5. The van der Waals surface area contributed by atoms with E-state index in [0.717, 1.165) is 24.2 Å². The number of hydrogen-bond acceptors (Lipinski definition) is 2. The van der Waals surface area contributed by atoms with E-state index in [-0.39, 0.29) is 11.8 Å². The zero-order chi connectivity index (χ0) is 13.0. The van der Waals surface area contributed by atoms with Crippen LogP contribution in [-0.2, 0) is 4.79 Å². The first-order valence-electron chi connectivity index (χ1n) is 6.36. The lowest BCUT2D eigenvalue weighted by molar-refractivity contribution is -0.122. The summed E-state index contributed by atoms with van der Waals surface area (Å²) in [6.07, 6.45) is 2.03. The van der Waals surface area contributed by atoms with Gasteiger partial charge in [-0.1, -0.05) is 41.1 Å². The van der Waals surface area contributed by atoms with Crippen molar-refractivity contribution in [1.29, 1.82) is 0 Å². The molecule has 1 aromatic carbocycles. The number of hydrogen-bond donors (Lipinski definition) is 1. The van der Waals surface area contributed by atoms with Crippen LogP contribution in [0.15, 0.2) is 24.3 Å². The van der Waals surface area contributed by atoms with Crippen LogP contribution in [0.4, 0.5) is 0 Å². The first kappa shape index (κ1) is 13.4. The van der Waals surface area contributed by atoms with E-state index >= 15 is 0 Å². The highest BCUT2D eigenvalue weighted by molar-refractivity contribution is 9.09. The molecule has 0 aromatic heterocycles. The van der Waals surface area contributed by atoms with Gasteiger partial charge in [-0.25, -0.2) is 0 Å². The van der Waals surface area contributed by atoms with Gasteiger partial charge >= 0.3 is 0 Å². The molecule has 0 saturated carbocycles. The highest BCUT2D eigenvalue weighted by Crippen LogP contribution is 2.33. The SMILES string of the molecule is CCC(Br)CCNC(=O)C1COc2ccccc21. The largest absolute Gasteiger partial charge is 0.492 e. The number of halogens is 1. The van der Waals surface area contributed by atoms with Crippen molar-refractivity contribution >= 4 is 21.8 Å². The summed E-state index contributed by atoms with van der Waals surface area (Å²) in [5.41, 5.74) is 1.00. The van der Waals surface area contributed by atoms with Crippen molar-refractivity contribution in [2.24, 2.45) is 0 Å². The third kappa shape index (κ3) is 3.05. The van der Waals surface area contributed by atoms with Crippen molar-refractivity contribution in [3.05, 3.63) is 29.8 Å². The minimum atomic E-state index is -0.156. The molecule has 1 N–H and O–H groups in total. The Hall–Kier alpha value is -1.03. The summed E-state index contributed by atoms with van der Waals surface area (Å²) < 4.78 is 5.51. The first-order chi connectivity index (χ1) is 8.72. The zero-order valence-electron chi connectivity index (χ0n) is 10.5. The number of para-hydroxylation sites is 1. The van der Waals surface area contributed by atoms with Crippen LogP contribution in [0.5, 0.6) is 5.75 Å². The van der Waals surface area contributed by atoms with Crippen LogP contribution in [0.2, 0.25) is 0 Å². The average Bonchev–Trinajstić information content (AvgIpc) is 2.82. The summed E-state index contributed by atoms with van der Waals surface area (Å²) in [5, 5.41) is 2.98. The van der Waals surface area contributed by atoms with E-state index in [2.05, 4.69) is 28.2 Å². The Labute approximate surface area is 116 Å². The van der Waals surface area contributed by atoms with Crippen LogP contribution in [-0.4, -0.2) is 23.9 Å². The Kier molecular flexibility index (Phi) is 4.64. The van der Waals surface area contributed by atoms with Gasteiger partial charge in [0.1, 0.15) is 18.3 Å². The molecule has 0 bridgehead atoms.